The topological polar surface area (TPSA) is 72.9 Å². The molecule has 1 aromatic rings. The number of carbonyl (C=O) groups excluding carboxylic acids is 1. The minimum atomic E-state index is -0.102. The van der Waals surface area contributed by atoms with Crippen molar-refractivity contribution in [1.29, 1.82) is 0 Å². The zero-order chi connectivity index (χ0) is 13.6. The summed E-state index contributed by atoms with van der Waals surface area (Å²) in [4.78, 5) is 16.2. The van der Waals surface area contributed by atoms with Crippen LogP contribution in [0.1, 0.15) is 38.2 Å². The lowest BCUT2D eigenvalue weighted by Gasteiger charge is -2.04. The highest BCUT2D eigenvalue weighted by molar-refractivity contribution is 5.92. The van der Waals surface area contributed by atoms with E-state index in [1.807, 2.05) is 4.57 Å². The van der Waals surface area contributed by atoms with Gasteiger partial charge in [-0.25, -0.2) is 4.98 Å². The Bertz CT molecular complexity index is 447. The number of carbonyl (C=O) groups is 1. The molecule has 1 saturated carbocycles. The lowest BCUT2D eigenvalue weighted by Crippen LogP contribution is -2.30. The predicted octanol–water partition coefficient (Wildman–Crippen LogP) is 1.01. The SMILES string of the molecule is CC1(C)C(NC(=O)c2cn(CCN)cn2)C1(C)C. The molecule has 18 heavy (non-hydrogen) atoms. The molecule has 1 fully saturated rings. The van der Waals surface area contributed by atoms with E-state index < -0.39 is 0 Å². The van der Waals surface area contributed by atoms with Gasteiger partial charge < -0.3 is 15.6 Å². The van der Waals surface area contributed by atoms with Gasteiger partial charge in [-0.1, -0.05) is 27.7 Å². The van der Waals surface area contributed by atoms with Gasteiger partial charge in [0.25, 0.3) is 5.91 Å². The Morgan fingerprint density at radius 1 is 1.44 bits per heavy atom. The molecule has 0 bridgehead atoms. The van der Waals surface area contributed by atoms with Crippen molar-refractivity contribution < 1.29 is 4.79 Å². The molecule has 5 nitrogen and oxygen atoms in total. The van der Waals surface area contributed by atoms with E-state index >= 15 is 0 Å². The molecule has 0 radical (unpaired) electrons. The lowest BCUT2D eigenvalue weighted by molar-refractivity contribution is 0.0939. The second-order valence-electron chi connectivity index (χ2n) is 6.14. The van der Waals surface area contributed by atoms with Crippen LogP contribution >= 0.6 is 0 Å². The molecule has 0 aliphatic heterocycles. The normalized spacial score (nSPS) is 20.7. The highest BCUT2D eigenvalue weighted by Crippen LogP contribution is 2.62. The van der Waals surface area contributed by atoms with Gasteiger partial charge in [-0.15, -0.1) is 0 Å². The molecule has 1 aromatic heterocycles. The van der Waals surface area contributed by atoms with Crippen molar-refractivity contribution in [2.75, 3.05) is 6.54 Å². The molecule has 0 unspecified atom stereocenters. The lowest BCUT2D eigenvalue weighted by atomic mass is 10.0. The van der Waals surface area contributed by atoms with Gasteiger partial charge in [-0.05, 0) is 10.8 Å². The van der Waals surface area contributed by atoms with Gasteiger partial charge in [0.1, 0.15) is 5.69 Å². The monoisotopic (exact) mass is 250 g/mol. The number of hydrogen-bond donors (Lipinski definition) is 2. The van der Waals surface area contributed by atoms with E-state index in [9.17, 15) is 4.79 Å². The summed E-state index contributed by atoms with van der Waals surface area (Å²) in [6.45, 7) is 9.91. The van der Waals surface area contributed by atoms with Crippen LogP contribution in [0, 0.1) is 10.8 Å². The fourth-order valence-electron chi connectivity index (χ4n) is 2.51. The van der Waals surface area contributed by atoms with Gasteiger partial charge in [-0.3, -0.25) is 4.79 Å². The molecule has 0 aromatic carbocycles. The predicted molar refractivity (Wildman–Crippen MR) is 70.1 cm³/mol. The number of nitrogens with two attached hydrogens (primary N) is 1. The standard InChI is InChI=1S/C13H22N4O/c1-12(2)11(13(12,3)4)16-10(18)9-7-17(6-5-14)8-15-9/h7-8,11H,5-6,14H2,1-4H3,(H,16,18). The summed E-state index contributed by atoms with van der Waals surface area (Å²) in [6.07, 6.45) is 3.38. The van der Waals surface area contributed by atoms with E-state index in [-0.39, 0.29) is 22.8 Å². The first kappa shape index (κ1) is 13.1. The van der Waals surface area contributed by atoms with Crippen molar-refractivity contribution >= 4 is 5.91 Å². The van der Waals surface area contributed by atoms with Crippen LogP contribution < -0.4 is 11.1 Å². The Morgan fingerprint density at radius 2 is 2.06 bits per heavy atom. The Labute approximate surface area is 108 Å². The maximum absolute atomic E-state index is 12.1. The van der Waals surface area contributed by atoms with Gasteiger partial charge in [0.05, 0.1) is 6.33 Å². The summed E-state index contributed by atoms with van der Waals surface area (Å²) < 4.78 is 1.83. The van der Waals surface area contributed by atoms with Crippen molar-refractivity contribution in [3.63, 3.8) is 0 Å². The number of amides is 1. The van der Waals surface area contributed by atoms with Crippen molar-refractivity contribution in [3.05, 3.63) is 18.2 Å². The van der Waals surface area contributed by atoms with Crippen molar-refractivity contribution in [3.8, 4) is 0 Å². The highest BCUT2D eigenvalue weighted by atomic mass is 16.2. The zero-order valence-electron chi connectivity index (χ0n) is 11.5. The van der Waals surface area contributed by atoms with Gasteiger partial charge in [0.15, 0.2) is 0 Å². The molecular formula is C13H22N4O. The van der Waals surface area contributed by atoms with E-state index in [4.69, 9.17) is 5.73 Å². The Kier molecular flexibility index (Phi) is 2.97. The molecule has 100 valence electrons. The first-order valence-electron chi connectivity index (χ1n) is 6.33. The van der Waals surface area contributed by atoms with Gasteiger partial charge in [0, 0.05) is 25.3 Å². The van der Waals surface area contributed by atoms with Crippen LogP contribution in [-0.2, 0) is 6.54 Å². The van der Waals surface area contributed by atoms with Crippen LogP contribution in [0.3, 0.4) is 0 Å². The number of aromatic nitrogens is 2. The maximum Gasteiger partial charge on any atom is 0.271 e. The van der Waals surface area contributed by atoms with E-state index in [1.165, 1.54) is 0 Å². The molecule has 5 heteroatoms. The second kappa shape index (κ2) is 4.09. The molecule has 0 saturated heterocycles. The van der Waals surface area contributed by atoms with Crippen LogP contribution in [0.2, 0.25) is 0 Å². The Hall–Kier alpha value is -1.36. The van der Waals surface area contributed by atoms with E-state index in [2.05, 4.69) is 38.0 Å². The zero-order valence-corrected chi connectivity index (χ0v) is 11.5. The van der Waals surface area contributed by atoms with E-state index in [0.29, 0.717) is 18.8 Å². The van der Waals surface area contributed by atoms with Crippen LogP contribution in [-0.4, -0.2) is 28.0 Å². The summed E-state index contributed by atoms with van der Waals surface area (Å²) in [6, 6.07) is 0.206. The summed E-state index contributed by atoms with van der Waals surface area (Å²) in [5.41, 5.74) is 6.20. The number of imidazole rings is 1. The van der Waals surface area contributed by atoms with Crippen molar-refractivity contribution in [2.24, 2.45) is 16.6 Å². The van der Waals surface area contributed by atoms with Gasteiger partial charge in [-0.2, -0.15) is 0 Å². The number of nitrogens with one attached hydrogen (secondary N) is 1. The van der Waals surface area contributed by atoms with Crippen molar-refractivity contribution in [1.82, 2.24) is 14.9 Å². The summed E-state index contributed by atoms with van der Waals surface area (Å²) >= 11 is 0. The Morgan fingerprint density at radius 3 is 2.56 bits per heavy atom. The maximum atomic E-state index is 12.1. The number of rotatable bonds is 4. The third-order valence-corrected chi connectivity index (χ3v) is 4.55. The summed E-state index contributed by atoms with van der Waals surface area (Å²) in [5.74, 6) is -0.102. The number of hydrogen-bond acceptors (Lipinski definition) is 3. The molecule has 1 amide bonds. The number of nitrogens with zero attached hydrogens (tertiary/aromatic N) is 2. The fraction of sp³-hybridized carbons (Fsp3) is 0.692. The first-order chi connectivity index (χ1) is 8.30. The third-order valence-electron chi connectivity index (χ3n) is 4.55. The molecule has 0 spiro atoms. The molecule has 2 rings (SSSR count). The third kappa shape index (κ3) is 1.92. The molecule has 1 heterocycles. The molecule has 3 N–H and O–H groups in total. The average molecular weight is 250 g/mol. The fourth-order valence-corrected chi connectivity index (χ4v) is 2.51. The van der Waals surface area contributed by atoms with Gasteiger partial charge >= 0.3 is 0 Å². The minimum absolute atomic E-state index is 0.102. The molecule has 1 aliphatic rings. The average Bonchev–Trinajstić information content (AvgIpc) is 2.69. The summed E-state index contributed by atoms with van der Waals surface area (Å²) in [5, 5.41) is 3.06. The molecule has 0 atom stereocenters. The van der Waals surface area contributed by atoms with Gasteiger partial charge in [0.2, 0.25) is 0 Å². The van der Waals surface area contributed by atoms with Crippen LogP contribution in [0.25, 0.3) is 0 Å². The first-order valence-corrected chi connectivity index (χ1v) is 6.33. The van der Waals surface area contributed by atoms with Crippen LogP contribution in [0.15, 0.2) is 12.5 Å². The second-order valence-corrected chi connectivity index (χ2v) is 6.14. The van der Waals surface area contributed by atoms with E-state index in [0.717, 1.165) is 0 Å². The molecule has 1 aliphatic carbocycles. The highest BCUT2D eigenvalue weighted by Gasteiger charge is 2.65. The smallest absolute Gasteiger partial charge is 0.271 e. The van der Waals surface area contributed by atoms with Crippen LogP contribution in [0.5, 0.6) is 0 Å². The molecular weight excluding hydrogens is 228 g/mol. The van der Waals surface area contributed by atoms with Crippen LogP contribution in [0.4, 0.5) is 0 Å². The quantitative estimate of drug-likeness (QED) is 0.837. The van der Waals surface area contributed by atoms with Crippen molar-refractivity contribution in [2.45, 2.75) is 40.3 Å². The van der Waals surface area contributed by atoms with E-state index in [1.54, 1.807) is 12.5 Å². The minimum Gasteiger partial charge on any atom is -0.347 e. The summed E-state index contributed by atoms with van der Waals surface area (Å²) in [7, 11) is 0. The Balaban J connectivity index is 2.01. The largest absolute Gasteiger partial charge is 0.347 e.